The molecule has 0 aliphatic carbocycles. The Hall–Kier alpha value is -1.99. The van der Waals surface area contributed by atoms with Gasteiger partial charge in [-0.2, -0.15) is 0 Å². The van der Waals surface area contributed by atoms with Crippen LogP contribution in [0, 0.1) is 5.41 Å². The Balaban J connectivity index is 1.56. The van der Waals surface area contributed by atoms with Gasteiger partial charge in [0.2, 0.25) is 11.8 Å². The molecule has 2 saturated heterocycles. The van der Waals surface area contributed by atoms with E-state index in [1.165, 1.54) is 0 Å². The van der Waals surface area contributed by atoms with Gasteiger partial charge in [-0.05, 0) is 24.0 Å². The molecule has 3 heterocycles. The summed E-state index contributed by atoms with van der Waals surface area (Å²) in [6.45, 7) is 12.9. The molecule has 0 radical (unpaired) electrons. The Bertz CT molecular complexity index is 688. The lowest BCUT2D eigenvalue weighted by molar-refractivity contribution is -0.139. The van der Waals surface area contributed by atoms with Gasteiger partial charge < -0.3 is 10.2 Å². The van der Waals surface area contributed by atoms with Gasteiger partial charge in [0.25, 0.3) is 0 Å². The second kappa shape index (κ2) is 9.67. The molecule has 0 spiro atoms. The molecular weight excluding hydrogens is 366 g/mol. The summed E-state index contributed by atoms with van der Waals surface area (Å²) < 4.78 is 0. The fraction of sp³-hybridized carbons (Fsp3) is 0.682. The van der Waals surface area contributed by atoms with Gasteiger partial charge >= 0.3 is 0 Å². The summed E-state index contributed by atoms with van der Waals surface area (Å²) in [5, 5.41) is 2.94. The van der Waals surface area contributed by atoms with Crippen molar-refractivity contribution in [2.75, 3.05) is 45.8 Å². The number of carbonyl (C=O) groups is 2. The third kappa shape index (κ3) is 6.51. The van der Waals surface area contributed by atoms with E-state index in [1.54, 1.807) is 0 Å². The molecule has 1 atom stereocenters. The number of amides is 2. The maximum absolute atomic E-state index is 13.0. The van der Waals surface area contributed by atoms with Crippen LogP contribution in [0.2, 0.25) is 0 Å². The van der Waals surface area contributed by atoms with Crippen molar-refractivity contribution in [3.05, 3.63) is 30.1 Å². The number of hydrogen-bond acceptors (Lipinski definition) is 5. The number of hydrogen-bond donors (Lipinski definition) is 1. The molecule has 0 bridgehead atoms. The fourth-order valence-corrected chi connectivity index (χ4v) is 4.18. The van der Waals surface area contributed by atoms with Gasteiger partial charge in [-0.3, -0.25) is 24.4 Å². The van der Waals surface area contributed by atoms with Crippen molar-refractivity contribution >= 4 is 11.8 Å². The molecular formula is C22H35N5O2. The molecule has 29 heavy (non-hydrogen) atoms. The summed E-state index contributed by atoms with van der Waals surface area (Å²) in [6, 6.07) is 5.62. The van der Waals surface area contributed by atoms with Gasteiger partial charge in [-0.25, -0.2) is 0 Å². The van der Waals surface area contributed by atoms with E-state index in [-0.39, 0.29) is 29.7 Å². The summed E-state index contributed by atoms with van der Waals surface area (Å²) in [4.78, 5) is 36.4. The maximum Gasteiger partial charge on any atom is 0.237 e. The van der Waals surface area contributed by atoms with Crippen molar-refractivity contribution < 1.29 is 9.59 Å². The summed E-state index contributed by atoms with van der Waals surface area (Å²) in [6.07, 6.45) is 3.03. The molecule has 2 fully saturated rings. The number of nitrogens with zero attached hydrogens (tertiary/aromatic N) is 4. The van der Waals surface area contributed by atoms with Crippen LogP contribution in [0.1, 0.15) is 39.3 Å². The van der Waals surface area contributed by atoms with Gasteiger partial charge in [-0.15, -0.1) is 0 Å². The summed E-state index contributed by atoms with van der Waals surface area (Å²) in [5.74, 6) is 0.0751. The van der Waals surface area contributed by atoms with Gasteiger partial charge in [0, 0.05) is 58.6 Å². The lowest BCUT2D eigenvalue weighted by Crippen LogP contribution is -2.58. The molecule has 3 rings (SSSR count). The van der Waals surface area contributed by atoms with E-state index in [2.05, 4.69) is 40.9 Å². The highest BCUT2D eigenvalue weighted by molar-refractivity contribution is 5.88. The second-order valence-corrected chi connectivity index (χ2v) is 9.37. The Morgan fingerprint density at radius 2 is 2.00 bits per heavy atom. The van der Waals surface area contributed by atoms with Crippen LogP contribution in [0.25, 0.3) is 0 Å². The van der Waals surface area contributed by atoms with Crippen molar-refractivity contribution in [3.8, 4) is 0 Å². The highest BCUT2D eigenvalue weighted by atomic mass is 16.2. The predicted molar refractivity (Wildman–Crippen MR) is 113 cm³/mol. The Kier molecular flexibility index (Phi) is 7.24. The minimum absolute atomic E-state index is 0.0135. The molecule has 1 aromatic rings. The van der Waals surface area contributed by atoms with Gasteiger partial charge in [0.1, 0.15) is 0 Å². The number of rotatable bonds is 5. The first kappa shape index (κ1) is 21.7. The Morgan fingerprint density at radius 1 is 1.17 bits per heavy atom. The molecule has 1 unspecified atom stereocenters. The first-order valence-corrected chi connectivity index (χ1v) is 10.7. The second-order valence-electron chi connectivity index (χ2n) is 9.37. The van der Waals surface area contributed by atoms with Crippen LogP contribution in [-0.4, -0.2) is 83.4 Å². The average molecular weight is 402 g/mol. The fourth-order valence-electron chi connectivity index (χ4n) is 4.18. The number of pyridine rings is 1. The molecule has 2 amide bonds. The monoisotopic (exact) mass is 401 g/mol. The predicted octanol–water partition coefficient (Wildman–Crippen LogP) is 1.35. The van der Waals surface area contributed by atoms with Crippen LogP contribution >= 0.6 is 0 Å². The van der Waals surface area contributed by atoms with E-state index >= 15 is 0 Å². The third-order valence-electron chi connectivity index (χ3n) is 5.54. The summed E-state index contributed by atoms with van der Waals surface area (Å²) in [5.41, 5.74) is 1.15. The van der Waals surface area contributed by atoms with Gasteiger partial charge in [-0.1, -0.05) is 26.8 Å². The zero-order valence-corrected chi connectivity index (χ0v) is 18.1. The molecule has 2 aliphatic heterocycles. The first-order valence-electron chi connectivity index (χ1n) is 10.7. The number of piperazine rings is 1. The summed E-state index contributed by atoms with van der Waals surface area (Å²) in [7, 11) is 0. The normalized spacial score (nSPS) is 22.2. The molecule has 7 nitrogen and oxygen atoms in total. The van der Waals surface area contributed by atoms with Crippen molar-refractivity contribution in [1.82, 2.24) is 25.0 Å². The average Bonchev–Trinajstić information content (AvgIpc) is 2.90. The van der Waals surface area contributed by atoms with Crippen molar-refractivity contribution in [2.24, 2.45) is 5.41 Å². The first-order chi connectivity index (χ1) is 13.8. The number of aromatic nitrogens is 1. The van der Waals surface area contributed by atoms with Gasteiger partial charge in [0.15, 0.2) is 0 Å². The van der Waals surface area contributed by atoms with Crippen LogP contribution in [0.4, 0.5) is 0 Å². The third-order valence-corrected chi connectivity index (χ3v) is 5.54. The van der Waals surface area contributed by atoms with Crippen molar-refractivity contribution in [1.29, 1.82) is 0 Å². The molecule has 1 aromatic heterocycles. The zero-order valence-electron chi connectivity index (χ0n) is 18.1. The molecule has 0 aromatic carbocycles. The minimum Gasteiger partial charge on any atom is -0.353 e. The van der Waals surface area contributed by atoms with Crippen LogP contribution in [0.3, 0.4) is 0 Å². The lowest BCUT2D eigenvalue weighted by atomic mass is 9.94. The lowest BCUT2D eigenvalue weighted by Gasteiger charge is -2.39. The zero-order chi connectivity index (χ0) is 20.9. The van der Waals surface area contributed by atoms with E-state index < -0.39 is 0 Å². The highest BCUT2D eigenvalue weighted by Gasteiger charge is 2.35. The molecule has 7 heteroatoms. The van der Waals surface area contributed by atoms with E-state index in [9.17, 15) is 9.59 Å². The van der Waals surface area contributed by atoms with E-state index in [1.807, 2.05) is 29.3 Å². The molecule has 1 N–H and O–H groups in total. The quantitative estimate of drug-likeness (QED) is 0.807. The van der Waals surface area contributed by atoms with Crippen LogP contribution < -0.4 is 5.32 Å². The van der Waals surface area contributed by atoms with E-state index in [0.29, 0.717) is 13.1 Å². The van der Waals surface area contributed by atoms with Crippen LogP contribution in [0.15, 0.2) is 24.4 Å². The number of carbonyl (C=O) groups excluding carboxylic acids is 2. The Morgan fingerprint density at radius 3 is 2.72 bits per heavy atom. The minimum atomic E-state index is -0.358. The van der Waals surface area contributed by atoms with Crippen LogP contribution in [-0.2, 0) is 16.1 Å². The summed E-state index contributed by atoms with van der Waals surface area (Å²) >= 11 is 0. The topological polar surface area (TPSA) is 68.8 Å². The largest absolute Gasteiger partial charge is 0.353 e. The Labute approximate surface area is 174 Å². The maximum atomic E-state index is 13.0. The molecule has 160 valence electrons. The molecule has 0 saturated carbocycles. The van der Waals surface area contributed by atoms with Crippen molar-refractivity contribution in [2.45, 2.75) is 46.2 Å². The van der Waals surface area contributed by atoms with E-state index in [0.717, 1.165) is 51.4 Å². The van der Waals surface area contributed by atoms with Crippen LogP contribution in [0.5, 0.6) is 0 Å². The number of nitrogens with one attached hydrogen (secondary N) is 1. The SMILES string of the molecule is CC(C)(C)CN1CCNC(=O)C1CC(=O)N1CCCN(Cc2ccccn2)CC1. The smallest absolute Gasteiger partial charge is 0.237 e. The van der Waals surface area contributed by atoms with Gasteiger partial charge in [0.05, 0.1) is 18.2 Å². The standard InChI is InChI=1S/C22H35N5O2/c1-22(2,3)17-27-12-9-24-21(29)19(27)15-20(28)26-11-6-10-25(13-14-26)16-18-7-4-5-8-23-18/h4-5,7-8,19H,6,9-17H2,1-3H3,(H,24,29). The highest BCUT2D eigenvalue weighted by Crippen LogP contribution is 2.20. The van der Waals surface area contributed by atoms with Crippen molar-refractivity contribution in [3.63, 3.8) is 0 Å². The van der Waals surface area contributed by atoms with E-state index in [4.69, 9.17) is 0 Å². The molecule has 2 aliphatic rings.